The fraction of sp³-hybridized carbons (Fsp3) is 0.400. The third-order valence-corrected chi connectivity index (χ3v) is 6.75. The van der Waals surface area contributed by atoms with E-state index in [1.807, 2.05) is 69.3 Å². The van der Waals surface area contributed by atoms with E-state index in [0.717, 1.165) is 28.1 Å². The summed E-state index contributed by atoms with van der Waals surface area (Å²) in [5.74, 6) is 0.0662. The summed E-state index contributed by atoms with van der Waals surface area (Å²) >= 11 is 0. The van der Waals surface area contributed by atoms with Crippen molar-refractivity contribution in [2.24, 2.45) is 5.92 Å². The number of aromatic nitrogens is 2. The number of ether oxygens (including phenoxy) is 2. The van der Waals surface area contributed by atoms with Crippen LogP contribution < -0.4 is 10.1 Å². The van der Waals surface area contributed by atoms with Gasteiger partial charge in [-0.3, -0.25) is 4.79 Å². The van der Waals surface area contributed by atoms with E-state index in [1.54, 1.807) is 24.4 Å². The highest BCUT2D eigenvalue weighted by molar-refractivity contribution is 5.72. The first kappa shape index (κ1) is 27.9. The molecular formula is C30H36N4O5. The molecule has 1 aliphatic carbocycles. The molecule has 206 valence electrons. The Kier molecular flexibility index (Phi) is 8.69. The van der Waals surface area contributed by atoms with Crippen LogP contribution in [0.15, 0.2) is 60.9 Å². The normalized spacial score (nSPS) is 16.9. The molecule has 9 nitrogen and oxygen atoms in total. The molecule has 1 heterocycles. The van der Waals surface area contributed by atoms with Crippen molar-refractivity contribution in [1.82, 2.24) is 14.9 Å². The number of methoxy groups -OCH3 is 1. The van der Waals surface area contributed by atoms with Gasteiger partial charge in [0, 0.05) is 36.2 Å². The van der Waals surface area contributed by atoms with E-state index in [9.17, 15) is 14.7 Å². The molecular weight excluding hydrogens is 496 g/mol. The fourth-order valence-electron chi connectivity index (χ4n) is 4.67. The standard InChI is InChI=1S/C30H36N4O5/c1-30(2,3)39-29(37)34(25-12-7-22(17-25)27(35)36)16-15-20-5-10-24(11-6-20)33-28-31-18-23(19-32-28)21-8-13-26(38-4)14-9-21/h5-6,8-11,13-14,18-19,22,25H,7,12,15-17H2,1-4H3,(H,35,36)(H,31,32,33)/t22-,25+/m0/s1. The number of rotatable bonds is 9. The molecule has 0 radical (unpaired) electrons. The zero-order valence-electron chi connectivity index (χ0n) is 22.9. The molecule has 4 rings (SSSR count). The molecule has 0 unspecified atom stereocenters. The molecule has 2 atom stereocenters. The molecule has 1 aromatic heterocycles. The maximum atomic E-state index is 13.0. The Bertz CT molecular complexity index is 1250. The summed E-state index contributed by atoms with van der Waals surface area (Å²) in [6.07, 6.45) is 5.46. The second-order valence-electron chi connectivity index (χ2n) is 10.8. The Morgan fingerprint density at radius 1 is 1.00 bits per heavy atom. The number of nitrogens with one attached hydrogen (secondary N) is 1. The number of hydrogen-bond acceptors (Lipinski definition) is 7. The number of aliphatic carboxylic acids is 1. The lowest BCUT2D eigenvalue weighted by Crippen LogP contribution is -2.43. The first-order valence-electron chi connectivity index (χ1n) is 13.2. The first-order valence-corrected chi connectivity index (χ1v) is 13.2. The summed E-state index contributed by atoms with van der Waals surface area (Å²) in [5, 5.41) is 12.6. The highest BCUT2D eigenvalue weighted by atomic mass is 16.6. The van der Waals surface area contributed by atoms with Crippen LogP contribution in [0, 0.1) is 5.92 Å². The van der Waals surface area contributed by atoms with Crippen LogP contribution in [0.5, 0.6) is 5.75 Å². The van der Waals surface area contributed by atoms with Crippen molar-refractivity contribution < 1.29 is 24.2 Å². The fourth-order valence-corrected chi connectivity index (χ4v) is 4.67. The van der Waals surface area contributed by atoms with Crippen LogP contribution >= 0.6 is 0 Å². The Labute approximate surface area is 229 Å². The number of hydrogen-bond donors (Lipinski definition) is 2. The molecule has 1 fully saturated rings. The maximum Gasteiger partial charge on any atom is 0.410 e. The summed E-state index contributed by atoms with van der Waals surface area (Å²) in [6, 6.07) is 15.5. The smallest absolute Gasteiger partial charge is 0.410 e. The number of carbonyl (C=O) groups excluding carboxylic acids is 1. The summed E-state index contributed by atoms with van der Waals surface area (Å²) in [5.41, 5.74) is 3.19. The summed E-state index contributed by atoms with van der Waals surface area (Å²) in [4.78, 5) is 35.0. The maximum absolute atomic E-state index is 13.0. The van der Waals surface area contributed by atoms with Gasteiger partial charge >= 0.3 is 12.1 Å². The van der Waals surface area contributed by atoms with Gasteiger partial charge in [0.25, 0.3) is 0 Å². The van der Waals surface area contributed by atoms with Crippen LogP contribution in [0.2, 0.25) is 0 Å². The van der Waals surface area contributed by atoms with Crippen LogP contribution in [-0.2, 0) is 16.0 Å². The van der Waals surface area contributed by atoms with Crippen molar-refractivity contribution in [3.05, 3.63) is 66.5 Å². The van der Waals surface area contributed by atoms with Crippen LogP contribution in [0.4, 0.5) is 16.4 Å². The Morgan fingerprint density at radius 3 is 2.23 bits per heavy atom. The van der Waals surface area contributed by atoms with Crippen LogP contribution in [-0.4, -0.2) is 57.3 Å². The van der Waals surface area contributed by atoms with Gasteiger partial charge in [0.2, 0.25) is 5.95 Å². The number of benzene rings is 2. The van der Waals surface area contributed by atoms with E-state index >= 15 is 0 Å². The molecule has 0 saturated heterocycles. The minimum atomic E-state index is -0.802. The predicted molar refractivity (Wildman–Crippen MR) is 149 cm³/mol. The second-order valence-corrected chi connectivity index (χ2v) is 10.8. The monoisotopic (exact) mass is 532 g/mol. The third kappa shape index (κ3) is 7.69. The second kappa shape index (κ2) is 12.1. The Balaban J connectivity index is 1.36. The summed E-state index contributed by atoms with van der Waals surface area (Å²) in [7, 11) is 1.64. The Hall–Kier alpha value is -4.14. The molecule has 1 saturated carbocycles. The van der Waals surface area contributed by atoms with Gasteiger partial charge in [-0.2, -0.15) is 0 Å². The number of carbonyl (C=O) groups is 2. The number of amides is 1. The lowest BCUT2D eigenvalue weighted by atomic mass is 10.1. The third-order valence-electron chi connectivity index (χ3n) is 6.75. The average molecular weight is 533 g/mol. The van der Waals surface area contributed by atoms with Gasteiger partial charge in [0.05, 0.1) is 13.0 Å². The SMILES string of the molecule is COc1ccc(-c2cnc(Nc3ccc(CCN(C(=O)OC(C)(C)C)[C@@H]4CC[C@H](C(=O)O)C4)cc3)nc2)cc1. The average Bonchev–Trinajstić information content (AvgIpc) is 3.40. The number of carboxylic acids is 1. The molecule has 9 heteroatoms. The molecule has 2 N–H and O–H groups in total. The molecule has 0 bridgehead atoms. The summed E-state index contributed by atoms with van der Waals surface area (Å²) in [6.45, 7) is 5.95. The molecule has 1 amide bonds. The van der Waals surface area contributed by atoms with Crippen molar-refractivity contribution in [3.8, 4) is 16.9 Å². The van der Waals surface area contributed by atoms with E-state index in [-0.39, 0.29) is 6.04 Å². The van der Waals surface area contributed by atoms with Gasteiger partial charge in [-0.05, 0) is 81.8 Å². The minimum Gasteiger partial charge on any atom is -0.497 e. The Morgan fingerprint density at radius 2 is 1.67 bits per heavy atom. The molecule has 3 aromatic rings. The topological polar surface area (TPSA) is 114 Å². The molecule has 0 spiro atoms. The molecule has 2 aromatic carbocycles. The predicted octanol–water partition coefficient (Wildman–Crippen LogP) is 5.93. The highest BCUT2D eigenvalue weighted by Crippen LogP contribution is 2.31. The van der Waals surface area contributed by atoms with Gasteiger partial charge in [-0.1, -0.05) is 24.3 Å². The zero-order valence-corrected chi connectivity index (χ0v) is 22.9. The van der Waals surface area contributed by atoms with E-state index < -0.39 is 23.6 Å². The lowest BCUT2D eigenvalue weighted by molar-refractivity contribution is -0.141. The zero-order chi connectivity index (χ0) is 28.0. The van der Waals surface area contributed by atoms with Gasteiger partial charge in [-0.25, -0.2) is 14.8 Å². The van der Waals surface area contributed by atoms with E-state index in [1.165, 1.54) is 0 Å². The van der Waals surface area contributed by atoms with E-state index in [2.05, 4.69) is 15.3 Å². The van der Waals surface area contributed by atoms with Crippen LogP contribution in [0.1, 0.15) is 45.6 Å². The number of anilines is 2. The first-order chi connectivity index (χ1) is 18.6. The van der Waals surface area contributed by atoms with Crippen molar-refractivity contribution in [2.45, 2.75) is 58.1 Å². The summed E-state index contributed by atoms with van der Waals surface area (Å²) < 4.78 is 10.8. The number of carboxylic acid groups (broad SMARTS) is 1. The highest BCUT2D eigenvalue weighted by Gasteiger charge is 2.36. The van der Waals surface area contributed by atoms with E-state index in [0.29, 0.717) is 38.2 Å². The van der Waals surface area contributed by atoms with Gasteiger partial charge in [-0.15, -0.1) is 0 Å². The van der Waals surface area contributed by atoms with Crippen molar-refractivity contribution in [1.29, 1.82) is 0 Å². The van der Waals surface area contributed by atoms with Crippen molar-refractivity contribution in [3.63, 3.8) is 0 Å². The van der Waals surface area contributed by atoms with Gasteiger partial charge < -0.3 is 24.8 Å². The molecule has 1 aliphatic rings. The number of nitrogens with zero attached hydrogens (tertiary/aromatic N) is 3. The minimum absolute atomic E-state index is 0.139. The van der Waals surface area contributed by atoms with Crippen LogP contribution in [0.25, 0.3) is 11.1 Å². The van der Waals surface area contributed by atoms with E-state index in [4.69, 9.17) is 9.47 Å². The van der Waals surface area contributed by atoms with Crippen molar-refractivity contribution >= 4 is 23.7 Å². The molecule has 39 heavy (non-hydrogen) atoms. The largest absolute Gasteiger partial charge is 0.497 e. The molecule has 0 aliphatic heterocycles. The van der Waals surface area contributed by atoms with Crippen LogP contribution in [0.3, 0.4) is 0 Å². The van der Waals surface area contributed by atoms with Gasteiger partial charge in [0.1, 0.15) is 11.4 Å². The van der Waals surface area contributed by atoms with Crippen molar-refractivity contribution in [2.75, 3.05) is 19.0 Å². The quantitative estimate of drug-likeness (QED) is 0.349. The lowest BCUT2D eigenvalue weighted by Gasteiger charge is -2.31. The van der Waals surface area contributed by atoms with Gasteiger partial charge in [0.15, 0.2) is 0 Å².